The van der Waals surface area contributed by atoms with Crippen LogP contribution in [0.2, 0.25) is 0 Å². The number of benzene rings is 2. The highest BCUT2D eigenvalue weighted by molar-refractivity contribution is 6.07. The second-order valence-electron chi connectivity index (χ2n) is 6.21. The lowest BCUT2D eigenvalue weighted by atomic mass is 10.1. The summed E-state index contributed by atoms with van der Waals surface area (Å²) in [5.74, 6) is -0.241. The van der Waals surface area contributed by atoms with Crippen LogP contribution < -0.4 is 11.1 Å². The molecule has 27 heavy (non-hydrogen) atoms. The first-order valence-corrected chi connectivity index (χ1v) is 8.28. The lowest BCUT2D eigenvalue weighted by Crippen LogP contribution is -2.47. The molecular formula is C19H24Cl2N4O2. The van der Waals surface area contributed by atoms with E-state index in [2.05, 4.69) is 17.3 Å². The van der Waals surface area contributed by atoms with Crippen molar-refractivity contribution in [3.8, 4) is 0 Å². The third kappa shape index (κ3) is 5.60. The standard InChI is InChI=1S/C19H22N4O2.2ClH/c1-22-10-12-23(13-11-22)19(25)14-6-8-15(9-7-14)21-18(24)16-4-2-3-5-17(16)20;;/h2-9H,10-13,20H2,1H3,(H,21,24);2*1H. The van der Waals surface area contributed by atoms with E-state index in [1.165, 1.54) is 0 Å². The SMILES string of the molecule is CN1CCN(C(=O)c2ccc(NC(=O)c3ccccc3N)cc2)CC1.Cl.Cl. The molecule has 1 fully saturated rings. The summed E-state index contributed by atoms with van der Waals surface area (Å²) in [6, 6.07) is 13.9. The first-order valence-electron chi connectivity index (χ1n) is 8.28. The Bertz CT molecular complexity index is 776. The fourth-order valence-corrected chi connectivity index (χ4v) is 2.79. The summed E-state index contributed by atoms with van der Waals surface area (Å²) >= 11 is 0. The van der Waals surface area contributed by atoms with Crippen LogP contribution in [0.4, 0.5) is 11.4 Å². The highest BCUT2D eigenvalue weighted by atomic mass is 35.5. The molecule has 0 saturated carbocycles. The van der Waals surface area contributed by atoms with Crippen molar-refractivity contribution >= 4 is 48.0 Å². The number of nitrogens with one attached hydrogen (secondary N) is 1. The van der Waals surface area contributed by atoms with Crippen LogP contribution in [0.25, 0.3) is 0 Å². The van der Waals surface area contributed by atoms with Crippen LogP contribution in [0.3, 0.4) is 0 Å². The second kappa shape index (κ2) is 10.2. The zero-order valence-electron chi connectivity index (χ0n) is 15.1. The van der Waals surface area contributed by atoms with Crippen LogP contribution >= 0.6 is 24.8 Å². The number of rotatable bonds is 3. The van der Waals surface area contributed by atoms with Crippen LogP contribution in [0, 0.1) is 0 Å². The van der Waals surface area contributed by atoms with Gasteiger partial charge in [-0.1, -0.05) is 12.1 Å². The fraction of sp³-hybridized carbons (Fsp3) is 0.263. The number of hydrogen-bond donors (Lipinski definition) is 2. The van der Waals surface area contributed by atoms with Crippen molar-refractivity contribution in [3.05, 3.63) is 59.7 Å². The van der Waals surface area contributed by atoms with E-state index in [0.717, 1.165) is 26.2 Å². The third-order valence-corrected chi connectivity index (χ3v) is 4.39. The molecule has 0 aliphatic carbocycles. The number of carbonyl (C=O) groups excluding carboxylic acids is 2. The average molecular weight is 411 g/mol. The zero-order chi connectivity index (χ0) is 17.8. The minimum Gasteiger partial charge on any atom is -0.398 e. The highest BCUT2D eigenvalue weighted by Crippen LogP contribution is 2.16. The quantitative estimate of drug-likeness (QED) is 0.762. The number of likely N-dealkylation sites (N-methyl/N-ethyl adjacent to an activating group) is 1. The van der Waals surface area contributed by atoms with Crippen LogP contribution in [0.1, 0.15) is 20.7 Å². The summed E-state index contributed by atoms with van der Waals surface area (Å²) < 4.78 is 0. The van der Waals surface area contributed by atoms with E-state index in [0.29, 0.717) is 22.5 Å². The Kier molecular flexibility index (Phi) is 8.56. The largest absolute Gasteiger partial charge is 0.398 e. The van der Waals surface area contributed by atoms with E-state index in [4.69, 9.17) is 5.73 Å². The number of piperazine rings is 1. The van der Waals surface area contributed by atoms with Crippen LogP contribution in [0.5, 0.6) is 0 Å². The Morgan fingerprint density at radius 3 is 2.11 bits per heavy atom. The van der Waals surface area contributed by atoms with Gasteiger partial charge in [-0.25, -0.2) is 0 Å². The van der Waals surface area contributed by atoms with Crippen LogP contribution in [0.15, 0.2) is 48.5 Å². The van der Waals surface area contributed by atoms with Gasteiger partial charge in [0.05, 0.1) is 5.56 Å². The summed E-state index contributed by atoms with van der Waals surface area (Å²) in [4.78, 5) is 28.8. The maximum Gasteiger partial charge on any atom is 0.257 e. The topological polar surface area (TPSA) is 78.7 Å². The summed E-state index contributed by atoms with van der Waals surface area (Å²) in [6.07, 6.45) is 0. The van der Waals surface area contributed by atoms with Crippen molar-refractivity contribution in [2.45, 2.75) is 0 Å². The number of para-hydroxylation sites is 1. The van der Waals surface area contributed by atoms with Gasteiger partial charge in [-0.05, 0) is 43.4 Å². The van der Waals surface area contributed by atoms with Crippen molar-refractivity contribution in [3.63, 3.8) is 0 Å². The predicted molar refractivity (Wildman–Crippen MR) is 113 cm³/mol. The van der Waals surface area contributed by atoms with Crippen molar-refractivity contribution in [1.82, 2.24) is 9.80 Å². The molecule has 1 heterocycles. The minimum absolute atomic E-state index is 0. The third-order valence-electron chi connectivity index (χ3n) is 4.39. The van der Waals surface area contributed by atoms with Gasteiger partial charge in [0.1, 0.15) is 0 Å². The molecule has 8 heteroatoms. The Labute approximate surface area is 171 Å². The van der Waals surface area contributed by atoms with Gasteiger partial charge in [-0.3, -0.25) is 9.59 Å². The average Bonchev–Trinajstić information content (AvgIpc) is 2.63. The number of nitrogens with zero attached hydrogens (tertiary/aromatic N) is 2. The van der Waals surface area contributed by atoms with E-state index in [9.17, 15) is 9.59 Å². The van der Waals surface area contributed by atoms with E-state index < -0.39 is 0 Å². The van der Waals surface area contributed by atoms with Gasteiger partial charge in [0, 0.05) is 43.1 Å². The Morgan fingerprint density at radius 2 is 1.52 bits per heavy atom. The Morgan fingerprint density at radius 1 is 0.926 bits per heavy atom. The number of nitrogen functional groups attached to an aromatic ring is 1. The molecule has 0 spiro atoms. The monoisotopic (exact) mass is 410 g/mol. The molecule has 0 atom stereocenters. The molecule has 0 radical (unpaired) electrons. The first kappa shape index (κ1) is 22.8. The zero-order valence-corrected chi connectivity index (χ0v) is 16.7. The summed E-state index contributed by atoms with van der Waals surface area (Å²) in [6.45, 7) is 3.25. The van der Waals surface area contributed by atoms with Gasteiger partial charge < -0.3 is 20.9 Å². The molecule has 0 unspecified atom stereocenters. The van der Waals surface area contributed by atoms with Gasteiger partial charge in [0.25, 0.3) is 11.8 Å². The lowest BCUT2D eigenvalue weighted by molar-refractivity contribution is 0.0664. The van der Waals surface area contributed by atoms with Crippen LogP contribution in [-0.4, -0.2) is 54.8 Å². The number of anilines is 2. The van der Waals surface area contributed by atoms with E-state index in [1.807, 2.05) is 4.90 Å². The molecule has 146 valence electrons. The number of carbonyl (C=O) groups is 2. The molecule has 2 aromatic rings. The van der Waals surface area contributed by atoms with Gasteiger partial charge >= 0.3 is 0 Å². The molecule has 1 saturated heterocycles. The molecule has 3 N–H and O–H groups in total. The van der Waals surface area contributed by atoms with Gasteiger partial charge in [0.2, 0.25) is 0 Å². The van der Waals surface area contributed by atoms with E-state index in [1.54, 1.807) is 48.5 Å². The van der Waals surface area contributed by atoms with Gasteiger partial charge in [0.15, 0.2) is 0 Å². The summed E-state index contributed by atoms with van der Waals surface area (Å²) in [5.41, 5.74) is 7.93. The van der Waals surface area contributed by atoms with E-state index in [-0.39, 0.29) is 36.6 Å². The molecule has 2 aromatic carbocycles. The predicted octanol–water partition coefficient (Wildman–Crippen LogP) is 2.75. The number of hydrogen-bond acceptors (Lipinski definition) is 4. The van der Waals surface area contributed by atoms with E-state index >= 15 is 0 Å². The molecular weight excluding hydrogens is 387 g/mol. The van der Waals surface area contributed by atoms with Gasteiger partial charge in [-0.2, -0.15) is 0 Å². The normalized spacial score (nSPS) is 13.9. The number of halogens is 2. The molecule has 1 aliphatic heterocycles. The smallest absolute Gasteiger partial charge is 0.257 e. The summed E-state index contributed by atoms with van der Waals surface area (Å²) in [7, 11) is 2.05. The van der Waals surface area contributed by atoms with Crippen molar-refractivity contribution < 1.29 is 9.59 Å². The van der Waals surface area contributed by atoms with Gasteiger partial charge in [-0.15, -0.1) is 24.8 Å². The molecule has 1 aliphatic rings. The van der Waals surface area contributed by atoms with Crippen molar-refractivity contribution in [2.75, 3.05) is 44.3 Å². The second-order valence-corrected chi connectivity index (χ2v) is 6.21. The molecule has 3 rings (SSSR count). The molecule has 0 bridgehead atoms. The molecule has 2 amide bonds. The Balaban J connectivity index is 0.00000182. The molecule has 0 aromatic heterocycles. The number of nitrogens with two attached hydrogens (primary N) is 1. The fourth-order valence-electron chi connectivity index (χ4n) is 2.79. The maximum absolute atomic E-state index is 12.5. The minimum atomic E-state index is -0.267. The Hall–Kier alpha value is -2.28. The first-order chi connectivity index (χ1) is 12.0. The summed E-state index contributed by atoms with van der Waals surface area (Å²) in [5, 5.41) is 2.80. The highest BCUT2D eigenvalue weighted by Gasteiger charge is 2.20. The number of amides is 2. The lowest BCUT2D eigenvalue weighted by Gasteiger charge is -2.32. The van der Waals surface area contributed by atoms with Crippen molar-refractivity contribution in [2.24, 2.45) is 0 Å². The van der Waals surface area contributed by atoms with Crippen molar-refractivity contribution in [1.29, 1.82) is 0 Å². The maximum atomic E-state index is 12.5. The molecule has 6 nitrogen and oxygen atoms in total. The van der Waals surface area contributed by atoms with Crippen LogP contribution in [-0.2, 0) is 0 Å².